The van der Waals surface area contributed by atoms with Crippen molar-refractivity contribution in [3.05, 3.63) is 65.6 Å². The second-order valence-corrected chi connectivity index (χ2v) is 6.77. The van der Waals surface area contributed by atoms with E-state index in [-0.39, 0.29) is 6.04 Å². The van der Waals surface area contributed by atoms with Crippen molar-refractivity contribution in [1.29, 1.82) is 0 Å². The number of nitrogens with two attached hydrogens (primary N) is 1. The van der Waals surface area contributed by atoms with Gasteiger partial charge in [0.15, 0.2) is 5.82 Å². The van der Waals surface area contributed by atoms with E-state index in [0.29, 0.717) is 30.2 Å². The van der Waals surface area contributed by atoms with Crippen LogP contribution >= 0.6 is 0 Å². The molecule has 4 rings (SSSR count). The Morgan fingerprint density at radius 2 is 1.96 bits per heavy atom. The van der Waals surface area contributed by atoms with Crippen molar-refractivity contribution in [2.45, 2.75) is 31.5 Å². The molecule has 1 atom stereocenters. The largest absolute Gasteiger partial charge is 0.416 e. The minimum absolute atomic E-state index is 0.0256. The Morgan fingerprint density at radius 3 is 2.71 bits per heavy atom. The van der Waals surface area contributed by atoms with Crippen molar-refractivity contribution in [3.63, 3.8) is 0 Å². The summed E-state index contributed by atoms with van der Waals surface area (Å²) in [6.07, 6.45) is 0.978. The number of halogens is 3. The van der Waals surface area contributed by atoms with Crippen LogP contribution in [0.2, 0.25) is 0 Å². The van der Waals surface area contributed by atoms with Gasteiger partial charge < -0.3 is 11.1 Å². The molecule has 1 aliphatic rings. The molecule has 2 heterocycles. The average molecular weight is 385 g/mol. The van der Waals surface area contributed by atoms with E-state index in [9.17, 15) is 13.2 Å². The van der Waals surface area contributed by atoms with E-state index < -0.39 is 11.7 Å². The zero-order chi connectivity index (χ0) is 19.7. The van der Waals surface area contributed by atoms with Gasteiger partial charge in [-0.1, -0.05) is 6.07 Å². The highest BCUT2D eigenvalue weighted by Gasteiger charge is 2.30. The Morgan fingerprint density at radius 1 is 1.11 bits per heavy atom. The van der Waals surface area contributed by atoms with Gasteiger partial charge in [-0.3, -0.25) is 4.98 Å². The molecule has 0 saturated heterocycles. The summed E-state index contributed by atoms with van der Waals surface area (Å²) in [5.74, 6) is 0.968. The fourth-order valence-corrected chi connectivity index (χ4v) is 3.28. The SMILES string of the molecule is N[C@@H]1CCc2nc(-c3cccnc3)nc(Nc3cccc(C(F)(F)F)c3)c2C1. The van der Waals surface area contributed by atoms with Crippen LogP contribution in [0.5, 0.6) is 0 Å². The molecule has 0 spiro atoms. The first kappa shape index (κ1) is 18.4. The number of hydrogen-bond acceptors (Lipinski definition) is 5. The van der Waals surface area contributed by atoms with Crippen LogP contribution in [-0.2, 0) is 19.0 Å². The molecular weight excluding hydrogens is 367 g/mol. The third-order valence-electron chi connectivity index (χ3n) is 4.68. The quantitative estimate of drug-likeness (QED) is 0.709. The van der Waals surface area contributed by atoms with E-state index in [1.165, 1.54) is 6.07 Å². The van der Waals surface area contributed by atoms with Gasteiger partial charge in [-0.25, -0.2) is 9.97 Å². The first-order valence-corrected chi connectivity index (χ1v) is 8.90. The van der Waals surface area contributed by atoms with E-state index in [1.54, 1.807) is 24.5 Å². The van der Waals surface area contributed by atoms with Gasteiger partial charge in [-0.15, -0.1) is 0 Å². The number of aromatic nitrogens is 3. The summed E-state index contributed by atoms with van der Waals surface area (Å²) in [6.45, 7) is 0. The summed E-state index contributed by atoms with van der Waals surface area (Å²) >= 11 is 0. The van der Waals surface area contributed by atoms with Crippen molar-refractivity contribution in [2.75, 3.05) is 5.32 Å². The summed E-state index contributed by atoms with van der Waals surface area (Å²) in [5, 5.41) is 3.05. The number of rotatable bonds is 3. The maximum atomic E-state index is 13.0. The third kappa shape index (κ3) is 3.82. The van der Waals surface area contributed by atoms with Gasteiger partial charge in [0.25, 0.3) is 0 Å². The molecule has 0 saturated carbocycles. The number of alkyl halides is 3. The molecule has 0 amide bonds. The Hall–Kier alpha value is -3.00. The van der Waals surface area contributed by atoms with Gasteiger partial charge in [0.2, 0.25) is 0 Å². The average Bonchev–Trinajstić information content (AvgIpc) is 2.68. The molecule has 144 valence electrons. The van der Waals surface area contributed by atoms with Crippen LogP contribution in [0.15, 0.2) is 48.8 Å². The van der Waals surface area contributed by atoms with Gasteiger partial charge in [-0.05, 0) is 49.6 Å². The van der Waals surface area contributed by atoms with Crippen LogP contribution in [0.1, 0.15) is 23.2 Å². The lowest BCUT2D eigenvalue weighted by Crippen LogP contribution is -2.29. The first-order chi connectivity index (χ1) is 13.4. The van der Waals surface area contributed by atoms with Crippen LogP contribution in [0.4, 0.5) is 24.7 Å². The highest BCUT2D eigenvalue weighted by molar-refractivity contribution is 5.65. The van der Waals surface area contributed by atoms with E-state index in [0.717, 1.165) is 35.4 Å². The normalized spacial score (nSPS) is 16.5. The molecule has 5 nitrogen and oxygen atoms in total. The second kappa shape index (κ2) is 7.20. The molecule has 8 heteroatoms. The Labute approximate surface area is 159 Å². The number of nitrogens with zero attached hydrogens (tertiary/aromatic N) is 3. The molecule has 0 aliphatic heterocycles. The van der Waals surface area contributed by atoms with Crippen molar-refractivity contribution >= 4 is 11.5 Å². The Kier molecular flexibility index (Phi) is 4.72. The molecule has 1 aliphatic carbocycles. The summed E-state index contributed by atoms with van der Waals surface area (Å²) in [5.41, 5.74) is 8.15. The summed E-state index contributed by atoms with van der Waals surface area (Å²) in [4.78, 5) is 13.3. The first-order valence-electron chi connectivity index (χ1n) is 8.90. The standard InChI is InChI=1S/C20H18F3N5/c21-20(22,23)13-4-1-5-15(9-13)26-19-16-10-14(24)6-7-17(16)27-18(28-19)12-3-2-8-25-11-12/h1-5,8-9,11,14H,6-7,10,24H2,(H,26,27,28)/t14-/m1/s1. The van der Waals surface area contributed by atoms with Crippen molar-refractivity contribution in [1.82, 2.24) is 15.0 Å². The van der Waals surface area contributed by atoms with E-state index in [1.807, 2.05) is 6.07 Å². The van der Waals surface area contributed by atoms with E-state index in [2.05, 4.69) is 20.3 Å². The molecule has 3 N–H and O–H groups in total. The third-order valence-corrected chi connectivity index (χ3v) is 4.68. The number of benzene rings is 1. The smallest absolute Gasteiger partial charge is 0.340 e. The molecule has 3 aromatic rings. The summed E-state index contributed by atoms with van der Waals surface area (Å²) in [7, 11) is 0. The van der Waals surface area contributed by atoms with Gasteiger partial charge >= 0.3 is 6.18 Å². The molecule has 0 bridgehead atoms. The lowest BCUT2D eigenvalue weighted by atomic mass is 9.92. The Bertz CT molecular complexity index is 989. The topological polar surface area (TPSA) is 76.7 Å². The number of nitrogens with one attached hydrogen (secondary N) is 1. The lowest BCUT2D eigenvalue weighted by molar-refractivity contribution is -0.137. The minimum Gasteiger partial charge on any atom is -0.340 e. The van der Waals surface area contributed by atoms with Crippen LogP contribution in [0, 0.1) is 0 Å². The monoisotopic (exact) mass is 385 g/mol. The highest BCUT2D eigenvalue weighted by Crippen LogP contribution is 2.33. The molecule has 1 aromatic carbocycles. The number of anilines is 2. The predicted molar refractivity (Wildman–Crippen MR) is 100.0 cm³/mol. The number of aryl methyl sites for hydroxylation is 1. The fourth-order valence-electron chi connectivity index (χ4n) is 3.28. The predicted octanol–water partition coefficient (Wildman–Crippen LogP) is 4.12. The molecular formula is C20H18F3N5. The summed E-state index contributed by atoms with van der Waals surface area (Å²) < 4.78 is 39.1. The van der Waals surface area contributed by atoms with Crippen molar-refractivity contribution < 1.29 is 13.2 Å². The van der Waals surface area contributed by atoms with E-state index >= 15 is 0 Å². The van der Waals surface area contributed by atoms with Crippen LogP contribution < -0.4 is 11.1 Å². The van der Waals surface area contributed by atoms with Crippen LogP contribution in [0.25, 0.3) is 11.4 Å². The number of fused-ring (bicyclic) bond motifs is 1. The van der Waals surface area contributed by atoms with Gasteiger partial charge in [0.1, 0.15) is 5.82 Å². The zero-order valence-corrected chi connectivity index (χ0v) is 14.9. The van der Waals surface area contributed by atoms with Gasteiger partial charge in [0.05, 0.1) is 5.56 Å². The van der Waals surface area contributed by atoms with Crippen LogP contribution in [0.3, 0.4) is 0 Å². The molecule has 0 fully saturated rings. The summed E-state index contributed by atoms with van der Waals surface area (Å²) in [6, 6.07) is 8.66. The maximum absolute atomic E-state index is 13.0. The minimum atomic E-state index is -4.41. The van der Waals surface area contributed by atoms with Crippen molar-refractivity contribution in [2.24, 2.45) is 5.73 Å². The zero-order valence-electron chi connectivity index (χ0n) is 14.9. The molecule has 0 unspecified atom stereocenters. The highest BCUT2D eigenvalue weighted by atomic mass is 19.4. The second-order valence-electron chi connectivity index (χ2n) is 6.77. The maximum Gasteiger partial charge on any atom is 0.416 e. The van der Waals surface area contributed by atoms with Gasteiger partial charge in [0, 0.05) is 40.9 Å². The lowest BCUT2D eigenvalue weighted by Gasteiger charge is -2.24. The fraction of sp³-hybridized carbons (Fsp3) is 0.250. The van der Waals surface area contributed by atoms with Crippen molar-refractivity contribution in [3.8, 4) is 11.4 Å². The Balaban J connectivity index is 1.77. The van der Waals surface area contributed by atoms with Crippen LogP contribution in [-0.4, -0.2) is 21.0 Å². The molecule has 0 radical (unpaired) electrons. The molecule has 28 heavy (non-hydrogen) atoms. The number of hydrogen-bond donors (Lipinski definition) is 2. The number of pyridine rings is 1. The van der Waals surface area contributed by atoms with Gasteiger partial charge in [-0.2, -0.15) is 13.2 Å². The van der Waals surface area contributed by atoms with E-state index in [4.69, 9.17) is 5.73 Å². The molecule has 2 aromatic heterocycles.